The Bertz CT molecular complexity index is 552. The summed E-state index contributed by atoms with van der Waals surface area (Å²) in [6.07, 6.45) is 0.762. The average molecular weight is 285 g/mol. The Morgan fingerprint density at radius 3 is 2.33 bits per heavy atom. The normalized spacial score (nSPS) is 13.7. The van der Waals surface area contributed by atoms with Crippen LogP contribution in [0, 0.1) is 0 Å². The minimum atomic E-state index is -0.481. The number of nitrogens with two attached hydrogens (primary N) is 1. The summed E-state index contributed by atoms with van der Waals surface area (Å²) in [5.41, 5.74) is 8.32. The van der Waals surface area contributed by atoms with E-state index >= 15 is 0 Å². The molecule has 0 aliphatic heterocycles. The molecular weight excluding hydrogens is 262 g/mol. The van der Waals surface area contributed by atoms with Gasteiger partial charge in [-0.3, -0.25) is 0 Å². The van der Waals surface area contributed by atoms with E-state index in [0.29, 0.717) is 13.2 Å². The van der Waals surface area contributed by atoms with Gasteiger partial charge in [-0.15, -0.1) is 0 Å². The van der Waals surface area contributed by atoms with Gasteiger partial charge in [0, 0.05) is 18.2 Å². The zero-order chi connectivity index (χ0) is 15.1. The van der Waals surface area contributed by atoms with E-state index in [-0.39, 0.29) is 0 Å². The van der Waals surface area contributed by atoms with E-state index in [4.69, 9.17) is 15.2 Å². The summed E-state index contributed by atoms with van der Waals surface area (Å²) in [6.45, 7) is 3.13. The van der Waals surface area contributed by atoms with Crippen LogP contribution < -0.4 is 10.5 Å². The average Bonchev–Trinajstić information content (AvgIpc) is 2.48. The second kappa shape index (κ2) is 7.25. The van der Waals surface area contributed by atoms with Crippen molar-refractivity contribution in [3.05, 3.63) is 65.7 Å². The lowest BCUT2D eigenvalue weighted by atomic mass is 9.86. The van der Waals surface area contributed by atoms with Gasteiger partial charge in [0.05, 0.1) is 6.61 Å². The van der Waals surface area contributed by atoms with Crippen LogP contribution in [0.1, 0.15) is 18.1 Å². The van der Waals surface area contributed by atoms with Crippen molar-refractivity contribution < 1.29 is 9.47 Å². The Hall–Kier alpha value is -1.84. The molecule has 0 aliphatic rings. The van der Waals surface area contributed by atoms with Crippen LogP contribution in [0.5, 0.6) is 5.75 Å². The lowest BCUT2D eigenvalue weighted by Gasteiger charge is -2.27. The van der Waals surface area contributed by atoms with Crippen LogP contribution in [0.25, 0.3) is 0 Å². The van der Waals surface area contributed by atoms with Gasteiger partial charge < -0.3 is 15.2 Å². The van der Waals surface area contributed by atoms with E-state index in [9.17, 15) is 0 Å². The molecular formula is C18H23NO2. The van der Waals surface area contributed by atoms with Crippen LogP contribution in [0.4, 0.5) is 0 Å². The highest BCUT2D eigenvalue weighted by Crippen LogP contribution is 2.30. The monoisotopic (exact) mass is 285 g/mol. The first-order chi connectivity index (χ1) is 10.1. The molecule has 3 heteroatoms. The Morgan fingerprint density at radius 1 is 0.952 bits per heavy atom. The van der Waals surface area contributed by atoms with Gasteiger partial charge in [-0.25, -0.2) is 0 Å². The number of methoxy groups -OCH3 is 1. The lowest BCUT2D eigenvalue weighted by Crippen LogP contribution is -2.36. The summed E-state index contributed by atoms with van der Waals surface area (Å²) >= 11 is 0. The molecule has 0 bridgehead atoms. The number of hydrogen-bond donors (Lipinski definition) is 1. The highest BCUT2D eigenvalue weighted by atomic mass is 16.5. The summed E-state index contributed by atoms with van der Waals surface area (Å²) in [5.74, 6) is 0.829. The summed E-state index contributed by atoms with van der Waals surface area (Å²) in [5, 5.41) is 0. The molecule has 1 unspecified atom stereocenters. The number of para-hydroxylation sites is 1. The third kappa shape index (κ3) is 4.31. The van der Waals surface area contributed by atoms with Crippen molar-refractivity contribution in [1.82, 2.24) is 0 Å². The topological polar surface area (TPSA) is 44.5 Å². The van der Waals surface area contributed by atoms with Gasteiger partial charge in [-0.2, -0.15) is 0 Å². The van der Waals surface area contributed by atoms with E-state index in [1.807, 2.05) is 49.4 Å². The van der Waals surface area contributed by atoms with Gasteiger partial charge in [0.15, 0.2) is 0 Å². The van der Waals surface area contributed by atoms with E-state index in [0.717, 1.165) is 17.7 Å². The SMILES string of the molecule is COCCOc1ccccc1C(C)(N)Cc1ccccc1. The Labute approximate surface area is 126 Å². The van der Waals surface area contributed by atoms with Crippen LogP contribution in [0.3, 0.4) is 0 Å². The van der Waals surface area contributed by atoms with Gasteiger partial charge in [0.25, 0.3) is 0 Å². The first-order valence-corrected chi connectivity index (χ1v) is 7.17. The van der Waals surface area contributed by atoms with Crippen LogP contribution in [0.15, 0.2) is 54.6 Å². The second-order valence-electron chi connectivity index (χ2n) is 5.42. The van der Waals surface area contributed by atoms with Gasteiger partial charge in [0.2, 0.25) is 0 Å². The lowest BCUT2D eigenvalue weighted by molar-refractivity contribution is 0.145. The molecule has 0 saturated carbocycles. The van der Waals surface area contributed by atoms with Gasteiger partial charge in [-0.1, -0.05) is 48.5 Å². The summed E-state index contributed by atoms with van der Waals surface area (Å²) < 4.78 is 10.8. The van der Waals surface area contributed by atoms with Gasteiger partial charge in [0.1, 0.15) is 12.4 Å². The second-order valence-corrected chi connectivity index (χ2v) is 5.42. The summed E-state index contributed by atoms with van der Waals surface area (Å²) in [4.78, 5) is 0. The molecule has 0 spiro atoms. The highest BCUT2D eigenvalue weighted by Gasteiger charge is 2.25. The molecule has 0 fully saturated rings. The Kier molecular flexibility index (Phi) is 5.37. The number of rotatable bonds is 7. The van der Waals surface area contributed by atoms with Gasteiger partial charge >= 0.3 is 0 Å². The van der Waals surface area contributed by atoms with Crippen molar-refractivity contribution in [2.75, 3.05) is 20.3 Å². The fourth-order valence-corrected chi connectivity index (χ4v) is 2.41. The van der Waals surface area contributed by atoms with Crippen LogP contribution in [0.2, 0.25) is 0 Å². The van der Waals surface area contributed by atoms with Crippen molar-refractivity contribution in [3.8, 4) is 5.75 Å². The fraction of sp³-hybridized carbons (Fsp3) is 0.333. The largest absolute Gasteiger partial charge is 0.491 e. The van der Waals surface area contributed by atoms with Crippen molar-refractivity contribution in [2.24, 2.45) is 5.73 Å². The van der Waals surface area contributed by atoms with Crippen LogP contribution in [-0.4, -0.2) is 20.3 Å². The van der Waals surface area contributed by atoms with Crippen LogP contribution >= 0.6 is 0 Å². The van der Waals surface area contributed by atoms with Crippen molar-refractivity contribution in [3.63, 3.8) is 0 Å². The predicted molar refractivity (Wildman–Crippen MR) is 85.5 cm³/mol. The minimum absolute atomic E-state index is 0.481. The molecule has 0 aliphatic carbocycles. The molecule has 0 aromatic heterocycles. The molecule has 2 aromatic rings. The molecule has 21 heavy (non-hydrogen) atoms. The minimum Gasteiger partial charge on any atom is -0.491 e. The molecule has 2 N–H and O–H groups in total. The maximum Gasteiger partial charge on any atom is 0.124 e. The van der Waals surface area contributed by atoms with E-state index in [1.165, 1.54) is 5.56 Å². The molecule has 0 heterocycles. The Morgan fingerprint density at radius 2 is 1.62 bits per heavy atom. The van der Waals surface area contributed by atoms with E-state index in [1.54, 1.807) is 7.11 Å². The Balaban J connectivity index is 2.18. The van der Waals surface area contributed by atoms with E-state index < -0.39 is 5.54 Å². The van der Waals surface area contributed by atoms with Gasteiger partial charge in [-0.05, 0) is 25.0 Å². The van der Waals surface area contributed by atoms with Crippen LogP contribution in [-0.2, 0) is 16.7 Å². The maximum atomic E-state index is 6.56. The standard InChI is InChI=1S/C18H23NO2/c1-18(19,14-15-8-4-3-5-9-15)16-10-6-7-11-17(16)21-13-12-20-2/h3-11H,12-14,19H2,1-2H3. The smallest absolute Gasteiger partial charge is 0.124 e. The third-order valence-electron chi connectivity index (χ3n) is 3.46. The molecule has 0 amide bonds. The number of hydrogen-bond acceptors (Lipinski definition) is 3. The quantitative estimate of drug-likeness (QED) is 0.795. The number of ether oxygens (including phenoxy) is 2. The molecule has 1 atom stereocenters. The first-order valence-electron chi connectivity index (χ1n) is 7.17. The first kappa shape index (κ1) is 15.5. The third-order valence-corrected chi connectivity index (χ3v) is 3.46. The van der Waals surface area contributed by atoms with Crippen molar-refractivity contribution >= 4 is 0 Å². The molecule has 2 aromatic carbocycles. The molecule has 0 radical (unpaired) electrons. The summed E-state index contributed by atoms with van der Waals surface area (Å²) in [7, 11) is 1.66. The molecule has 0 saturated heterocycles. The van der Waals surface area contributed by atoms with E-state index in [2.05, 4.69) is 12.1 Å². The molecule has 3 nitrogen and oxygen atoms in total. The maximum absolute atomic E-state index is 6.56. The number of benzene rings is 2. The molecule has 2 rings (SSSR count). The van der Waals surface area contributed by atoms with Crippen molar-refractivity contribution in [1.29, 1.82) is 0 Å². The summed E-state index contributed by atoms with van der Waals surface area (Å²) in [6, 6.07) is 18.2. The zero-order valence-electron chi connectivity index (χ0n) is 12.7. The highest BCUT2D eigenvalue weighted by molar-refractivity contribution is 5.39. The molecule has 112 valence electrons. The zero-order valence-corrected chi connectivity index (χ0v) is 12.7. The fourth-order valence-electron chi connectivity index (χ4n) is 2.41. The predicted octanol–water partition coefficient (Wildman–Crippen LogP) is 3.13. The van der Waals surface area contributed by atoms with Crippen molar-refractivity contribution in [2.45, 2.75) is 18.9 Å².